The zero-order valence-electron chi connectivity index (χ0n) is 8.88. The average Bonchev–Trinajstić information content (AvgIpc) is 2.26. The Morgan fingerprint density at radius 2 is 2.07 bits per heavy atom. The van der Waals surface area contributed by atoms with Gasteiger partial charge in [0.15, 0.2) is 0 Å². The number of carbonyl (C=O) groups is 1. The highest BCUT2D eigenvalue weighted by molar-refractivity contribution is 7.16. The highest BCUT2D eigenvalue weighted by Crippen LogP contribution is 2.25. The minimum Gasteiger partial charge on any atom is -0.456 e. The Kier molecular flexibility index (Phi) is 2.85. The quantitative estimate of drug-likeness (QED) is 0.729. The molecule has 0 aliphatic heterocycles. The van der Waals surface area contributed by atoms with Crippen LogP contribution < -0.4 is 5.73 Å². The maximum atomic E-state index is 11.6. The maximum absolute atomic E-state index is 11.6. The van der Waals surface area contributed by atoms with Gasteiger partial charge in [0, 0.05) is 4.88 Å². The van der Waals surface area contributed by atoms with Crippen LogP contribution in [0.25, 0.3) is 0 Å². The van der Waals surface area contributed by atoms with Gasteiger partial charge in [-0.15, -0.1) is 11.3 Å². The Morgan fingerprint density at radius 3 is 2.43 bits per heavy atom. The fourth-order valence-corrected chi connectivity index (χ4v) is 1.82. The van der Waals surface area contributed by atoms with Gasteiger partial charge in [0.2, 0.25) is 0 Å². The van der Waals surface area contributed by atoms with Gasteiger partial charge in [-0.25, -0.2) is 4.79 Å². The topological polar surface area (TPSA) is 52.3 Å². The lowest BCUT2D eigenvalue weighted by Crippen LogP contribution is -2.23. The molecule has 78 valence electrons. The molecule has 1 aromatic rings. The van der Waals surface area contributed by atoms with E-state index in [4.69, 9.17) is 10.5 Å². The first-order valence-electron chi connectivity index (χ1n) is 4.39. The van der Waals surface area contributed by atoms with Crippen LogP contribution in [0.1, 0.15) is 36.0 Å². The second kappa shape index (κ2) is 3.61. The lowest BCUT2D eigenvalue weighted by Gasteiger charge is -2.19. The second-order valence-electron chi connectivity index (χ2n) is 4.12. The summed E-state index contributed by atoms with van der Waals surface area (Å²) in [6.07, 6.45) is 0. The predicted octanol–water partition coefficient (Wildman–Crippen LogP) is 2.59. The van der Waals surface area contributed by atoms with Crippen molar-refractivity contribution in [3.05, 3.63) is 16.5 Å². The van der Waals surface area contributed by atoms with Crippen LogP contribution >= 0.6 is 11.3 Å². The number of ether oxygens (including phenoxy) is 1. The van der Waals surface area contributed by atoms with Crippen molar-refractivity contribution in [3.63, 3.8) is 0 Å². The SMILES string of the molecule is Cc1sc(N)cc1C(=O)OC(C)(C)C. The summed E-state index contributed by atoms with van der Waals surface area (Å²) < 4.78 is 5.23. The fourth-order valence-electron chi connectivity index (χ4n) is 1.04. The number of carbonyl (C=O) groups excluding carboxylic acids is 1. The van der Waals surface area contributed by atoms with Crippen molar-refractivity contribution >= 4 is 22.3 Å². The summed E-state index contributed by atoms with van der Waals surface area (Å²) in [5.74, 6) is -0.303. The Balaban J connectivity index is 2.85. The van der Waals surface area contributed by atoms with Crippen LogP contribution in [0.4, 0.5) is 5.00 Å². The van der Waals surface area contributed by atoms with Crippen LogP contribution in [0.5, 0.6) is 0 Å². The minimum absolute atomic E-state index is 0.303. The monoisotopic (exact) mass is 213 g/mol. The Labute approximate surface area is 87.9 Å². The van der Waals surface area contributed by atoms with E-state index in [0.29, 0.717) is 10.6 Å². The molecule has 1 rings (SSSR count). The third-order valence-corrected chi connectivity index (χ3v) is 2.44. The Hall–Kier alpha value is -1.03. The number of nitrogen functional groups attached to an aromatic ring is 1. The smallest absolute Gasteiger partial charge is 0.339 e. The zero-order chi connectivity index (χ0) is 10.9. The molecule has 0 saturated heterocycles. The van der Waals surface area contributed by atoms with Crippen LogP contribution in [0.2, 0.25) is 0 Å². The molecule has 0 saturated carbocycles. The molecular weight excluding hydrogens is 198 g/mol. The van der Waals surface area contributed by atoms with E-state index < -0.39 is 5.60 Å². The first kappa shape index (κ1) is 11.0. The van der Waals surface area contributed by atoms with Gasteiger partial charge in [-0.3, -0.25) is 0 Å². The van der Waals surface area contributed by atoms with E-state index in [1.54, 1.807) is 6.07 Å². The molecule has 0 aliphatic carbocycles. The van der Waals surface area contributed by atoms with Crippen LogP contribution in [-0.2, 0) is 4.74 Å². The predicted molar refractivity (Wildman–Crippen MR) is 58.6 cm³/mol. The number of hydrogen-bond acceptors (Lipinski definition) is 4. The molecule has 0 aromatic carbocycles. The van der Waals surface area contributed by atoms with E-state index in [9.17, 15) is 4.79 Å². The van der Waals surface area contributed by atoms with Gasteiger partial charge >= 0.3 is 5.97 Å². The summed E-state index contributed by atoms with van der Waals surface area (Å²) in [5, 5.41) is 0.642. The van der Waals surface area contributed by atoms with Gasteiger partial charge in [0.25, 0.3) is 0 Å². The standard InChI is InChI=1S/C10H15NO2S/c1-6-7(5-8(11)14-6)9(12)13-10(2,3)4/h5H,11H2,1-4H3. The van der Waals surface area contributed by atoms with Crippen molar-refractivity contribution in [1.29, 1.82) is 0 Å². The van der Waals surface area contributed by atoms with Crippen LogP contribution in [0.3, 0.4) is 0 Å². The number of aryl methyl sites for hydroxylation is 1. The number of hydrogen-bond donors (Lipinski definition) is 1. The average molecular weight is 213 g/mol. The molecule has 2 N–H and O–H groups in total. The van der Waals surface area contributed by atoms with Gasteiger partial charge in [-0.1, -0.05) is 0 Å². The molecular formula is C10H15NO2S. The third-order valence-electron chi connectivity index (χ3n) is 1.56. The minimum atomic E-state index is -0.458. The van der Waals surface area contributed by atoms with E-state index in [-0.39, 0.29) is 5.97 Å². The Morgan fingerprint density at radius 1 is 1.50 bits per heavy atom. The van der Waals surface area contributed by atoms with E-state index in [1.165, 1.54) is 11.3 Å². The van der Waals surface area contributed by atoms with E-state index >= 15 is 0 Å². The summed E-state index contributed by atoms with van der Waals surface area (Å²) in [7, 11) is 0. The van der Waals surface area contributed by atoms with Gasteiger partial charge in [-0.2, -0.15) is 0 Å². The largest absolute Gasteiger partial charge is 0.456 e. The maximum Gasteiger partial charge on any atom is 0.339 e. The fraction of sp³-hybridized carbons (Fsp3) is 0.500. The third kappa shape index (κ3) is 2.73. The van der Waals surface area contributed by atoms with E-state index in [2.05, 4.69) is 0 Å². The lowest BCUT2D eigenvalue weighted by molar-refractivity contribution is 0.00695. The zero-order valence-corrected chi connectivity index (χ0v) is 9.70. The van der Waals surface area contributed by atoms with Crippen molar-refractivity contribution in [3.8, 4) is 0 Å². The van der Waals surface area contributed by atoms with Crippen molar-refractivity contribution < 1.29 is 9.53 Å². The molecule has 0 amide bonds. The van der Waals surface area contributed by atoms with Crippen LogP contribution in [0.15, 0.2) is 6.07 Å². The van der Waals surface area contributed by atoms with Crippen LogP contribution in [0, 0.1) is 6.92 Å². The first-order valence-corrected chi connectivity index (χ1v) is 5.20. The van der Waals surface area contributed by atoms with Crippen LogP contribution in [-0.4, -0.2) is 11.6 Å². The lowest BCUT2D eigenvalue weighted by atomic mass is 10.2. The van der Waals surface area contributed by atoms with Gasteiger partial charge in [-0.05, 0) is 33.8 Å². The normalized spacial score (nSPS) is 11.4. The number of nitrogens with two attached hydrogens (primary N) is 1. The molecule has 0 aliphatic rings. The molecule has 0 spiro atoms. The molecule has 14 heavy (non-hydrogen) atoms. The molecule has 0 atom stereocenters. The van der Waals surface area contributed by atoms with Gasteiger partial charge in [0.05, 0.1) is 10.6 Å². The number of thiophene rings is 1. The van der Waals surface area contributed by atoms with Crippen molar-refractivity contribution in [2.24, 2.45) is 0 Å². The summed E-state index contributed by atoms with van der Waals surface area (Å²) in [6.45, 7) is 7.39. The van der Waals surface area contributed by atoms with Crippen molar-refractivity contribution in [2.45, 2.75) is 33.3 Å². The molecule has 0 fully saturated rings. The second-order valence-corrected chi connectivity index (χ2v) is 5.41. The first-order chi connectivity index (χ1) is 6.29. The molecule has 4 heteroatoms. The highest BCUT2D eigenvalue weighted by atomic mass is 32.1. The number of esters is 1. The summed E-state index contributed by atoms with van der Waals surface area (Å²) in [4.78, 5) is 12.5. The van der Waals surface area contributed by atoms with E-state index in [0.717, 1.165) is 4.88 Å². The Bertz CT molecular complexity index is 349. The highest BCUT2D eigenvalue weighted by Gasteiger charge is 2.20. The van der Waals surface area contributed by atoms with Crippen molar-refractivity contribution in [2.75, 3.05) is 5.73 Å². The summed E-state index contributed by atoms with van der Waals surface area (Å²) in [6, 6.07) is 1.66. The molecule has 3 nitrogen and oxygen atoms in total. The number of rotatable bonds is 1. The molecule has 1 aromatic heterocycles. The van der Waals surface area contributed by atoms with E-state index in [1.807, 2.05) is 27.7 Å². The summed E-state index contributed by atoms with van der Waals surface area (Å²) >= 11 is 1.40. The molecule has 1 heterocycles. The molecule has 0 radical (unpaired) electrons. The van der Waals surface area contributed by atoms with Gasteiger partial charge < -0.3 is 10.5 Å². The van der Waals surface area contributed by atoms with Crippen molar-refractivity contribution in [1.82, 2.24) is 0 Å². The number of anilines is 1. The molecule has 0 unspecified atom stereocenters. The molecule has 0 bridgehead atoms. The van der Waals surface area contributed by atoms with Gasteiger partial charge in [0.1, 0.15) is 5.60 Å². The summed E-state index contributed by atoms with van der Waals surface area (Å²) in [5.41, 5.74) is 5.71.